The molecule has 43 heavy (non-hydrogen) atoms. The third-order valence-corrected chi connectivity index (χ3v) is 8.44. The maximum atomic E-state index is 15.8. The first-order valence-electron chi connectivity index (χ1n) is 13.3. The van der Waals surface area contributed by atoms with Gasteiger partial charge < -0.3 is 9.80 Å². The molecule has 0 bridgehead atoms. The van der Waals surface area contributed by atoms with Crippen molar-refractivity contribution in [2.75, 3.05) is 30.8 Å². The second-order valence-corrected chi connectivity index (χ2v) is 12.1. The minimum Gasteiger partial charge on any atom is -0.350 e. The van der Waals surface area contributed by atoms with Gasteiger partial charge in [-0.15, -0.1) is 0 Å². The standard InChI is InChI=1S/C29H27F3N6O4S/c1-5-21-26(22(10-11-33-21)43(4,41)42)38-28-17(14-20(32)25(34-28)24-18(30)8-7-9-19(24)31)27(35-29(38)40)37-13-12-36(15-16(37)3)23(39)6-2/h6-11,14,16H,2,5,12-13,15H2,1,3-4H3/t16-/m0/s1. The molecule has 0 saturated carbocycles. The number of rotatable bonds is 6. The van der Waals surface area contributed by atoms with E-state index in [4.69, 9.17) is 0 Å². The third-order valence-electron chi connectivity index (χ3n) is 7.31. The molecule has 1 saturated heterocycles. The number of halogens is 3. The summed E-state index contributed by atoms with van der Waals surface area (Å²) in [5.41, 5.74) is -2.66. The van der Waals surface area contributed by atoms with Gasteiger partial charge in [-0.05, 0) is 43.7 Å². The molecule has 0 radical (unpaired) electrons. The Bertz CT molecular complexity index is 1940. The molecule has 0 spiro atoms. The van der Waals surface area contributed by atoms with Gasteiger partial charge in [-0.3, -0.25) is 9.78 Å². The lowest BCUT2D eigenvalue weighted by Gasteiger charge is -2.40. The molecule has 1 aliphatic heterocycles. The van der Waals surface area contributed by atoms with Gasteiger partial charge in [0.25, 0.3) is 0 Å². The number of hydrogen-bond acceptors (Lipinski definition) is 8. The van der Waals surface area contributed by atoms with E-state index in [1.807, 2.05) is 0 Å². The van der Waals surface area contributed by atoms with Gasteiger partial charge in [-0.25, -0.2) is 35.9 Å². The topological polar surface area (TPSA) is 118 Å². The van der Waals surface area contributed by atoms with Gasteiger partial charge in [0.1, 0.15) is 23.1 Å². The quantitative estimate of drug-likeness (QED) is 0.304. The molecule has 0 N–H and O–H groups in total. The lowest BCUT2D eigenvalue weighted by molar-refractivity contribution is -0.126. The summed E-state index contributed by atoms with van der Waals surface area (Å²) in [6, 6.07) is 4.79. The van der Waals surface area contributed by atoms with Crippen LogP contribution >= 0.6 is 0 Å². The van der Waals surface area contributed by atoms with Crippen LogP contribution in [0.1, 0.15) is 19.5 Å². The highest BCUT2D eigenvalue weighted by molar-refractivity contribution is 7.90. The molecular formula is C29H27F3N6O4S. The maximum absolute atomic E-state index is 15.8. The molecule has 4 heterocycles. The van der Waals surface area contributed by atoms with Gasteiger partial charge in [-0.2, -0.15) is 4.98 Å². The molecule has 224 valence electrons. The summed E-state index contributed by atoms with van der Waals surface area (Å²) in [6.45, 7) is 7.69. The average Bonchev–Trinajstić information content (AvgIpc) is 2.96. The number of amides is 1. The Morgan fingerprint density at radius 2 is 1.81 bits per heavy atom. The van der Waals surface area contributed by atoms with E-state index in [1.54, 1.807) is 23.6 Å². The van der Waals surface area contributed by atoms with Crippen molar-refractivity contribution < 1.29 is 26.4 Å². The van der Waals surface area contributed by atoms with E-state index in [1.165, 1.54) is 18.3 Å². The summed E-state index contributed by atoms with van der Waals surface area (Å²) in [5, 5.41) is -0.0155. The highest BCUT2D eigenvalue weighted by atomic mass is 32.2. The lowest BCUT2D eigenvalue weighted by Crippen LogP contribution is -2.54. The number of hydrogen-bond donors (Lipinski definition) is 0. The van der Waals surface area contributed by atoms with Crippen LogP contribution in [0.15, 0.2) is 58.9 Å². The van der Waals surface area contributed by atoms with Crippen molar-refractivity contribution in [1.82, 2.24) is 24.4 Å². The van der Waals surface area contributed by atoms with Crippen LogP contribution in [0, 0.1) is 17.5 Å². The Balaban J connectivity index is 1.88. The molecule has 5 rings (SSSR count). The van der Waals surface area contributed by atoms with E-state index in [9.17, 15) is 26.8 Å². The lowest BCUT2D eigenvalue weighted by atomic mass is 10.1. The zero-order valence-electron chi connectivity index (χ0n) is 23.5. The first kappa shape index (κ1) is 29.9. The van der Waals surface area contributed by atoms with Crippen LogP contribution in [-0.2, 0) is 21.1 Å². The van der Waals surface area contributed by atoms with E-state index >= 15 is 4.39 Å². The summed E-state index contributed by atoms with van der Waals surface area (Å²) in [6.07, 6.45) is 3.63. The molecule has 1 amide bonds. The molecule has 4 aromatic rings. The Morgan fingerprint density at radius 1 is 1.12 bits per heavy atom. The molecule has 14 heteroatoms. The zero-order chi connectivity index (χ0) is 31.2. The number of anilines is 1. The Morgan fingerprint density at radius 3 is 2.42 bits per heavy atom. The summed E-state index contributed by atoms with van der Waals surface area (Å²) >= 11 is 0. The van der Waals surface area contributed by atoms with Crippen LogP contribution in [0.5, 0.6) is 0 Å². The number of pyridine rings is 2. The van der Waals surface area contributed by atoms with Crippen molar-refractivity contribution in [2.24, 2.45) is 0 Å². The summed E-state index contributed by atoms with van der Waals surface area (Å²) < 4.78 is 72.1. The van der Waals surface area contributed by atoms with E-state index in [0.717, 1.165) is 35.1 Å². The first-order chi connectivity index (χ1) is 20.4. The molecule has 10 nitrogen and oxygen atoms in total. The fraction of sp³-hybridized carbons (Fsp3) is 0.276. The van der Waals surface area contributed by atoms with Crippen molar-refractivity contribution in [3.63, 3.8) is 0 Å². The second kappa shape index (κ2) is 11.2. The predicted octanol–water partition coefficient (Wildman–Crippen LogP) is 3.45. The van der Waals surface area contributed by atoms with Crippen molar-refractivity contribution >= 4 is 32.6 Å². The van der Waals surface area contributed by atoms with Gasteiger partial charge >= 0.3 is 5.69 Å². The van der Waals surface area contributed by atoms with E-state index in [2.05, 4.69) is 21.5 Å². The van der Waals surface area contributed by atoms with Gasteiger partial charge in [0, 0.05) is 38.1 Å². The van der Waals surface area contributed by atoms with Crippen LogP contribution in [0.25, 0.3) is 28.0 Å². The SMILES string of the molecule is C=CC(=O)N1CCN(c2nc(=O)n(-c3c(S(C)(=O)=O)ccnc3CC)c3nc(-c4c(F)cccc4F)c(F)cc23)[C@@H](C)C1. The minimum atomic E-state index is -3.95. The van der Waals surface area contributed by atoms with Crippen LogP contribution in [0.3, 0.4) is 0 Å². The monoisotopic (exact) mass is 612 g/mol. The number of carbonyl (C=O) groups is 1. The van der Waals surface area contributed by atoms with Gasteiger partial charge in [-0.1, -0.05) is 19.6 Å². The fourth-order valence-electron chi connectivity index (χ4n) is 5.30. The van der Waals surface area contributed by atoms with Crippen molar-refractivity contribution in [1.29, 1.82) is 0 Å². The molecule has 0 aliphatic carbocycles. The van der Waals surface area contributed by atoms with E-state index in [0.29, 0.717) is 0 Å². The van der Waals surface area contributed by atoms with Gasteiger partial charge in [0.05, 0.1) is 27.2 Å². The maximum Gasteiger partial charge on any atom is 0.355 e. The Labute approximate surface area is 245 Å². The number of benzene rings is 1. The minimum absolute atomic E-state index is 0.0155. The largest absolute Gasteiger partial charge is 0.355 e. The number of sulfone groups is 1. The van der Waals surface area contributed by atoms with E-state index < -0.39 is 50.3 Å². The van der Waals surface area contributed by atoms with Crippen LogP contribution in [-0.4, -0.2) is 70.7 Å². The van der Waals surface area contributed by atoms with Crippen LogP contribution in [0.4, 0.5) is 19.0 Å². The molecule has 1 fully saturated rings. The fourth-order valence-corrected chi connectivity index (χ4v) is 6.17. The predicted molar refractivity (Wildman–Crippen MR) is 154 cm³/mol. The van der Waals surface area contributed by atoms with E-state index in [-0.39, 0.29) is 65.1 Å². The number of fused-ring (bicyclic) bond motifs is 1. The van der Waals surface area contributed by atoms with Gasteiger partial charge in [0.2, 0.25) is 5.91 Å². The van der Waals surface area contributed by atoms with Crippen LogP contribution in [0.2, 0.25) is 0 Å². The smallest absolute Gasteiger partial charge is 0.350 e. The van der Waals surface area contributed by atoms with Crippen molar-refractivity contribution in [3.8, 4) is 16.9 Å². The number of aromatic nitrogens is 4. The summed E-state index contributed by atoms with van der Waals surface area (Å²) in [5.74, 6) is -3.52. The van der Waals surface area contributed by atoms with Gasteiger partial charge in [0.15, 0.2) is 21.3 Å². The normalized spacial score (nSPS) is 15.6. The average molecular weight is 613 g/mol. The number of aryl methyl sites for hydroxylation is 1. The molecular weight excluding hydrogens is 585 g/mol. The highest BCUT2D eigenvalue weighted by Gasteiger charge is 2.31. The molecule has 0 unspecified atom stereocenters. The van der Waals surface area contributed by atoms with Crippen molar-refractivity contribution in [3.05, 3.63) is 82.8 Å². The Hall–Kier alpha value is -4.59. The van der Waals surface area contributed by atoms with Crippen molar-refractivity contribution in [2.45, 2.75) is 31.2 Å². The first-order valence-corrected chi connectivity index (χ1v) is 15.2. The summed E-state index contributed by atoms with van der Waals surface area (Å²) in [7, 11) is -3.95. The highest BCUT2D eigenvalue weighted by Crippen LogP contribution is 2.34. The number of nitrogens with zero attached hydrogens (tertiary/aromatic N) is 6. The summed E-state index contributed by atoms with van der Waals surface area (Å²) in [4.78, 5) is 41.9. The molecule has 1 atom stereocenters. The molecule has 1 aliphatic rings. The number of piperazine rings is 1. The van der Waals surface area contributed by atoms with Crippen LogP contribution < -0.4 is 10.6 Å². The third kappa shape index (κ3) is 5.26. The molecule has 1 aromatic carbocycles. The second-order valence-electron chi connectivity index (χ2n) is 10.1. The molecule has 3 aromatic heterocycles. The number of carbonyl (C=O) groups excluding carboxylic acids is 1. The zero-order valence-corrected chi connectivity index (χ0v) is 24.3. The Kier molecular flexibility index (Phi) is 7.82.